The first-order valence-electron chi connectivity index (χ1n) is 10.1. The summed E-state index contributed by atoms with van der Waals surface area (Å²) in [5, 5.41) is 0. The van der Waals surface area contributed by atoms with Crippen LogP contribution >= 0.6 is 0 Å². The number of likely N-dealkylation sites (tertiary alicyclic amines) is 2. The third kappa shape index (κ3) is 3.31. The summed E-state index contributed by atoms with van der Waals surface area (Å²) in [5.41, 5.74) is 0.132. The van der Waals surface area contributed by atoms with Crippen molar-refractivity contribution in [2.45, 2.75) is 51.0 Å². The number of hydrogen-bond acceptors (Lipinski definition) is 4. The molecule has 2 atom stereocenters. The number of alkyl halides is 1. The molecule has 0 bridgehead atoms. The number of benzene rings is 1. The van der Waals surface area contributed by atoms with Crippen molar-refractivity contribution in [1.29, 1.82) is 0 Å². The summed E-state index contributed by atoms with van der Waals surface area (Å²) < 4.78 is 35.3. The molecule has 1 N–H and O–H groups in total. The van der Waals surface area contributed by atoms with Crippen molar-refractivity contribution in [3.63, 3.8) is 0 Å². The maximum Gasteiger partial charge on any atom is 0.412 e. The number of rotatable bonds is 3. The Morgan fingerprint density at radius 1 is 1.31 bits per heavy atom. The highest BCUT2D eigenvalue weighted by atomic mass is 19.1. The van der Waals surface area contributed by atoms with Gasteiger partial charge < -0.3 is 9.72 Å². The average Bonchev–Trinajstić information content (AvgIpc) is 3.18. The predicted octanol–water partition coefficient (Wildman–Crippen LogP) is 3.02. The van der Waals surface area contributed by atoms with Crippen molar-refractivity contribution in [1.82, 2.24) is 19.4 Å². The molecular weight excluding hydrogens is 382 g/mol. The van der Waals surface area contributed by atoms with Crippen LogP contribution in [-0.2, 0) is 4.74 Å². The zero-order valence-corrected chi connectivity index (χ0v) is 16.7. The topological polar surface area (TPSA) is 70.6 Å². The fraction of sp³-hybridized carbons (Fsp3) is 0.600. The predicted molar refractivity (Wildman–Crippen MR) is 104 cm³/mol. The van der Waals surface area contributed by atoms with Crippen molar-refractivity contribution in [3.8, 4) is 0 Å². The number of hydrogen-bond donors (Lipinski definition) is 1. The van der Waals surface area contributed by atoms with Gasteiger partial charge in [0, 0.05) is 25.7 Å². The molecule has 158 valence electrons. The van der Waals surface area contributed by atoms with Crippen molar-refractivity contribution in [3.05, 3.63) is 34.5 Å². The summed E-state index contributed by atoms with van der Waals surface area (Å²) >= 11 is 0. The van der Waals surface area contributed by atoms with Crippen LogP contribution in [0.2, 0.25) is 0 Å². The van der Waals surface area contributed by atoms with E-state index in [1.807, 2.05) is 6.92 Å². The Bertz CT molecular complexity index is 966. The Morgan fingerprint density at radius 3 is 2.72 bits per heavy atom. The van der Waals surface area contributed by atoms with Gasteiger partial charge in [-0.05, 0) is 51.3 Å². The van der Waals surface area contributed by atoms with E-state index in [2.05, 4.69) is 9.88 Å². The molecule has 29 heavy (non-hydrogen) atoms. The molecule has 2 aliphatic heterocycles. The smallest absolute Gasteiger partial charge is 0.412 e. The second kappa shape index (κ2) is 7.44. The third-order valence-corrected chi connectivity index (χ3v) is 6.38. The number of ether oxygens (including phenoxy) is 1. The van der Waals surface area contributed by atoms with E-state index < -0.39 is 23.7 Å². The number of amides is 1. The highest BCUT2D eigenvalue weighted by molar-refractivity contribution is 5.75. The van der Waals surface area contributed by atoms with E-state index >= 15 is 4.39 Å². The summed E-state index contributed by atoms with van der Waals surface area (Å²) in [6, 6.07) is 4.24. The van der Waals surface area contributed by atoms with Gasteiger partial charge >= 0.3 is 11.8 Å². The van der Waals surface area contributed by atoms with Crippen molar-refractivity contribution in [2.75, 3.05) is 26.2 Å². The van der Waals surface area contributed by atoms with Gasteiger partial charge in [0.25, 0.3) is 0 Å². The SMILES string of the molecule is CCOC(=O)N1CCC(C)(N2CCC(n3c(=O)[nH]c4cc(F)ccc43)CC2)C1F. The molecule has 4 rings (SSSR count). The second-order valence-corrected chi connectivity index (χ2v) is 8.02. The molecule has 2 aromatic rings. The van der Waals surface area contributed by atoms with Gasteiger partial charge in [0.15, 0.2) is 6.30 Å². The summed E-state index contributed by atoms with van der Waals surface area (Å²) in [7, 11) is 0. The van der Waals surface area contributed by atoms with E-state index in [0.29, 0.717) is 49.9 Å². The number of fused-ring (bicyclic) bond motifs is 1. The van der Waals surface area contributed by atoms with E-state index in [4.69, 9.17) is 4.74 Å². The normalized spacial score (nSPS) is 26.3. The molecule has 3 heterocycles. The van der Waals surface area contributed by atoms with Gasteiger partial charge in [-0.15, -0.1) is 0 Å². The molecule has 0 radical (unpaired) electrons. The van der Waals surface area contributed by atoms with E-state index in [0.717, 1.165) is 4.90 Å². The molecule has 0 aliphatic carbocycles. The molecule has 1 aromatic heterocycles. The van der Waals surface area contributed by atoms with Crippen molar-refractivity contribution < 1.29 is 18.3 Å². The van der Waals surface area contributed by atoms with Crippen LogP contribution in [0.1, 0.15) is 39.2 Å². The van der Waals surface area contributed by atoms with Gasteiger partial charge in [-0.1, -0.05) is 0 Å². The molecule has 1 amide bonds. The fourth-order valence-corrected chi connectivity index (χ4v) is 4.71. The standard InChI is InChI=1S/C20H26F2N4O3/c1-3-29-19(28)25-11-8-20(2,17(25)22)24-9-6-14(7-10-24)26-16-5-4-13(21)12-15(16)23-18(26)27/h4-5,12,14,17H,3,6-11H2,1-2H3,(H,23,27). The van der Waals surface area contributed by atoms with Crippen LogP contribution in [-0.4, -0.2) is 63.5 Å². The summed E-state index contributed by atoms with van der Waals surface area (Å²) in [6.45, 7) is 5.30. The first-order chi connectivity index (χ1) is 13.8. The highest BCUT2D eigenvalue weighted by Gasteiger charge is 2.51. The minimum absolute atomic E-state index is 0.0396. The van der Waals surface area contributed by atoms with Crippen LogP contribution in [0, 0.1) is 5.82 Å². The molecule has 9 heteroatoms. The average molecular weight is 408 g/mol. The van der Waals surface area contributed by atoms with Crippen LogP contribution in [0.3, 0.4) is 0 Å². The van der Waals surface area contributed by atoms with E-state index in [1.165, 1.54) is 12.1 Å². The van der Waals surface area contributed by atoms with Gasteiger partial charge in [-0.2, -0.15) is 0 Å². The number of H-pyrrole nitrogens is 1. The van der Waals surface area contributed by atoms with Crippen molar-refractivity contribution in [2.24, 2.45) is 0 Å². The highest BCUT2D eigenvalue weighted by Crippen LogP contribution is 2.38. The summed E-state index contributed by atoms with van der Waals surface area (Å²) in [4.78, 5) is 30.4. The van der Waals surface area contributed by atoms with Gasteiger partial charge in [-0.25, -0.2) is 18.4 Å². The Morgan fingerprint density at radius 2 is 2.03 bits per heavy atom. The Balaban J connectivity index is 1.48. The molecule has 2 fully saturated rings. The van der Waals surface area contributed by atoms with Gasteiger partial charge in [-0.3, -0.25) is 14.4 Å². The number of piperidine rings is 1. The Hall–Kier alpha value is -2.42. The molecule has 2 saturated heterocycles. The van der Waals surface area contributed by atoms with Crippen LogP contribution in [0.5, 0.6) is 0 Å². The van der Waals surface area contributed by atoms with E-state index in [1.54, 1.807) is 17.6 Å². The van der Waals surface area contributed by atoms with Crippen LogP contribution in [0.25, 0.3) is 11.0 Å². The number of nitrogens with zero attached hydrogens (tertiary/aromatic N) is 3. The number of aromatic nitrogens is 2. The maximum absolute atomic E-state index is 15.2. The first-order valence-corrected chi connectivity index (χ1v) is 10.1. The zero-order chi connectivity index (χ0) is 20.8. The Labute approximate surface area is 167 Å². The second-order valence-electron chi connectivity index (χ2n) is 8.02. The monoisotopic (exact) mass is 408 g/mol. The molecular formula is C20H26F2N4O3. The number of carbonyl (C=O) groups excluding carboxylic acids is 1. The number of halogens is 2. The molecule has 7 nitrogen and oxygen atoms in total. The number of imidazole rings is 1. The quantitative estimate of drug-likeness (QED) is 0.793. The molecule has 2 aliphatic rings. The largest absolute Gasteiger partial charge is 0.450 e. The molecule has 0 saturated carbocycles. The summed E-state index contributed by atoms with van der Waals surface area (Å²) in [5.74, 6) is -0.394. The lowest BCUT2D eigenvalue weighted by Crippen LogP contribution is -2.56. The van der Waals surface area contributed by atoms with Gasteiger partial charge in [0.1, 0.15) is 5.82 Å². The van der Waals surface area contributed by atoms with E-state index in [9.17, 15) is 14.0 Å². The van der Waals surface area contributed by atoms with Gasteiger partial charge in [0.2, 0.25) is 0 Å². The molecule has 0 spiro atoms. The Kier molecular flexibility index (Phi) is 5.10. The number of nitrogens with one attached hydrogen (secondary N) is 1. The fourth-order valence-electron chi connectivity index (χ4n) is 4.71. The van der Waals surface area contributed by atoms with Gasteiger partial charge in [0.05, 0.1) is 23.2 Å². The van der Waals surface area contributed by atoms with Crippen molar-refractivity contribution >= 4 is 17.1 Å². The minimum atomic E-state index is -1.43. The number of carbonyl (C=O) groups is 1. The lowest BCUT2D eigenvalue weighted by atomic mass is 9.93. The van der Waals surface area contributed by atoms with Crippen LogP contribution < -0.4 is 5.69 Å². The first kappa shape index (κ1) is 19.9. The maximum atomic E-state index is 15.2. The van der Waals surface area contributed by atoms with Crippen LogP contribution in [0.15, 0.2) is 23.0 Å². The number of aromatic amines is 1. The van der Waals surface area contributed by atoms with Crippen LogP contribution in [0.4, 0.5) is 13.6 Å². The summed E-state index contributed by atoms with van der Waals surface area (Å²) in [6.07, 6.45) is -0.171. The third-order valence-electron chi connectivity index (χ3n) is 6.38. The lowest BCUT2D eigenvalue weighted by Gasteiger charge is -2.44. The molecule has 1 aromatic carbocycles. The van der Waals surface area contributed by atoms with E-state index in [-0.39, 0.29) is 18.3 Å². The minimum Gasteiger partial charge on any atom is -0.450 e. The molecule has 2 unspecified atom stereocenters. The lowest BCUT2D eigenvalue weighted by molar-refractivity contribution is -0.0220. The zero-order valence-electron chi connectivity index (χ0n) is 16.7.